The van der Waals surface area contributed by atoms with Gasteiger partial charge >= 0.3 is 0 Å². The number of benzene rings is 2. The first-order chi connectivity index (χ1) is 13.6. The van der Waals surface area contributed by atoms with E-state index in [9.17, 15) is 4.79 Å². The van der Waals surface area contributed by atoms with Crippen molar-refractivity contribution in [2.24, 2.45) is 0 Å². The van der Waals surface area contributed by atoms with Crippen LogP contribution in [-0.4, -0.2) is 43.1 Å². The number of hydrogen-bond acceptors (Lipinski definition) is 3. The molecular weight excluding hydrogens is 376 g/mol. The van der Waals surface area contributed by atoms with Gasteiger partial charge in [0.1, 0.15) is 0 Å². The maximum absolute atomic E-state index is 12.9. The Morgan fingerprint density at radius 3 is 2.54 bits per heavy atom. The second-order valence-corrected chi connectivity index (χ2v) is 7.51. The van der Waals surface area contributed by atoms with Crippen LogP contribution >= 0.6 is 11.6 Å². The molecule has 1 saturated heterocycles. The number of methoxy groups -OCH3 is 2. The summed E-state index contributed by atoms with van der Waals surface area (Å²) < 4.78 is 10.6. The number of likely N-dealkylation sites (tertiary alicyclic amines) is 1. The van der Waals surface area contributed by atoms with Gasteiger partial charge in [0, 0.05) is 40.8 Å². The normalized spacial score (nSPS) is 15.0. The van der Waals surface area contributed by atoms with E-state index < -0.39 is 0 Å². The SMILES string of the molecule is COc1ccc(C(=O)N2CCC(c3c[nH]c4ccc(Cl)cc34)CC2)cc1OC. The topological polar surface area (TPSA) is 54.6 Å². The maximum atomic E-state index is 12.9. The molecule has 1 aromatic heterocycles. The zero-order valence-electron chi connectivity index (χ0n) is 16.0. The number of nitrogens with zero attached hydrogens (tertiary/aromatic N) is 1. The number of halogens is 1. The largest absolute Gasteiger partial charge is 0.493 e. The van der Waals surface area contributed by atoms with Crippen LogP contribution in [0.4, 0.5) is 0 Å². The fourth-order valence-electron chi connectivity index (χ4n) is 4.00. The Balaban J connectivity index is 1.48. The number of piperidine rings is 1. The lowest BCUT2D eigenvalue weighted by Crippen LogP contribution is -2.37. The van der Waals surface area contributed by atoms with E-state index in [0.717, 1.165) is 36.5 Å². The quantitative estimate of drug-likeness (QED) is 0.682. The van der Waals surface area contributed by atoms with Gasteiger partial charge in [0.05, 0.1) is 14.2 Å². The zero-order valence-corrected chi connectivity index (χ0v) is 16.8. The minimum atomic E-state index is 0.0291. The Labute approximate surface area is 169 Å². The third-order valence-electron chi connectivity index (χ3n) is 5.53. The molecule has 1 N–H and O–H groups in total. The Hall–Kier alpha value is -2.66. The van der Waals surface area contributed by atoms with E-state index in [0.29, 0.717) is 23.0 Å². The molecule has 1 fully saturated rings. The standard InChI is InChI=1S/C22H23ClN2O3/c1-27-20-6-3-15(11-21(20)28-2)22(26)25-9-7-14(8-10-25)18-13-24-19-5-4-16(23)12-17(18)19/h3-6,11-14,24H,7-10H2,1-2H3. The summed E-state index contributed by atoms with van der Waals surface area (Å²) >= 11 is 6.18. The number of aromatic amines is 1. The Morgan fingerprint density at radius 1 is 1.07 bits per heavy atom. The average Bonchev–Trinajstić information content (AvgIpc) is 3.15. The van der Waals surface area contributed by atoms with Crippen molar-refractivity contribution in [2.75, 3.05) is 27.3 Å². The van der Waals surface area contributed by atoms with E-state index >= 15 is 0 Å². The number of aromatic nitrogens is 1. The van der Waals surface area contributed by atoms with Crippen molar-refractivity contribution < 1.29 is 14.3 Å². The zero-order chi connectivity index (χ0) is 19.7. The summed E-state index contributed by atoms with van der Waals surface area (Å²) in [5.74, 6) is 1.64. The third kappa shape index (κ3) is 3.42. The van der Waals surface area contributed by atoms with Crippen LogP contribution in [0.2, 0.25) is 5.02 Å². The molecule has 1 amide bonds. The van der Waals surface area contributed by atoms with Crippen molar-refractivity contribution in [2.45, 2.75) is 18.8 Å². The molecule has 0 bridgehead atoms. The van der Waals surface area contributed by atoms with Crippen LogP contribution in [0, 0.1) is 0 Å². The molecule has 0 saturated carbocycles. The second-order valence-electron chi connectivity index (χ2n) is 7.07. The van der Waals surface area contributed by atoms with Gasteiger partial charge < -0.3 is 19.4 Å². The van der Waals surface area contributed by atoms with Crippen LogP contribution in [0.3, 0.4) is 0 Å². The smallest absolute Gasteiger partial charge is 0.253 e. The summed E-state index contributed by atoms with van der Waals surface area (Å²) in [6, 6.07) is 11.2. The van der Waals surface area contributed by atoms with E-state index in [1.54, 1.807) is 32.4 Å². The predicted molar refractivity (Wildman–Crippen MR) is 111 cm³/mol. The lowest BCUT2D eigenvalue weighted by atomic mass is 9.89. The Bertz CT molecular complexity index is 1010. The van der Waals surface area contributed by atoms with Gasteiger partial charge in [0.15, 0.2) is 11.5 Å². The number of amides is 1. The van der Waals surface area contributed by atoms with Gasteiger partial charge in [-0.1, -0.05) is 11.6 Å². The minimum absolute atomic E-state index is 0.0291. The minimum Gasteiger partial charge on any atom is -0.493 e. The summed E-state index contributed by atoms with van der Waals surface area (Å²) in [6.07, 6.45) is 3.94. The molecule has 0 unspecified atom stereocenters. The van der Waals surface area contributed by atoms with Gasteiger partial charge in [-0.3, -0.25) is 4.79 Å². The number of hydrogen-bond donors (Lipinski definition) is 1. The fraction of sp³-hybridized carbons (Fsp3) is 0.318. The number of carbonyl (C=O) groups excluding carboxylic acids is 1. The number of nitrogens with one attached hydrogen (secondary N) is 1. The second kappa shape index (κ2) is 7.76. The van der Waals surface area contributed by atoms with Crippen molar-refractivity contribution >= 4 is 28.4 Å². The summed E-state index contributed by atoms with van der Waals surface area (Å²) in [7, 11) is 3.16. The van der Waals surface area contributed by atoms with Crippen LogP contribution in [0.1, 0.15) is 34.7 Å². The van der Waals surface area contributed by atoms with Gasteiger partial charge in [0.25, 0.3) is 5.91 Å². The molecule has 0 aliphatic carbocycles. The molecule has 28 heavy (non-hydrogen) atoms. The monoisotopic (exact) mass is 398 g/mol. The summed E-state index contributed by atoms with van der Waals surface area (Å²) in [4.78, 5) is 18.2. The summed E-state index contributed by atoms with van der Waals surface area (Å²) in [5.41, 5.74) is 3.01. The average molecular weight is 399 g/mol. The number of ether oxygens (including phenoxy) is 2. The maximum Gasteiger partial charge on any atom is 0.253 e. The molecular formula is C22H23ClN2O3. The van der Waals surface area contributed by atoms with E-state index in [1.807, 2.05) is 23.1 Å². The first kappa shape index (κ1) is 18.7. The first-order valence-electron chi connectivity index (χ1n) is 9.38. The lowest BCUT2D eigenvalue weighted by molar-refractivity contribution is 0.0713. The molecule has 0 radical (unpaired) electrons. The molecule has 2 heterocycles. The summed E-state index contributed by atoms with van der Waals surface area (Å²) in [5, 5.41) is 1.92. The van der Waals surface area contributed by atoms with Gasteiger partial charge in [-0.05, 0) is 60.7 Å². The number of H-pyrrole nitrogens is 1. The number of fused-ring (bicyclic) bond motifs is 1. The van der Waals surface area contributed by atoms with Crippen LogP contribution in [0.15, 0.2) is 42.6 Å². The van der Waals surface area contributed by atoms with Crippen molar-refractivity contribution in [3.8, 4) is 11.5 Å². The van der Waals surface area contributed by atoms with Gasteiger partial charge in [0.2, 0.25) is 0 Å². The molecule has 5 nitrogen and oxygen atoms in total. The van der Waals surface area contributed by atoms with Crippen LogP contribution in [-0.2, 0) is 0 Å². The highest BCUT2D eigenvalue weighted by Gasteiger charge is 2.26. The fourth-order valence-corrected chi connectivity index (χ4v) is 4.17. The van der Waals surface area contributed by atoms with Crippen LogP contribution in [0.5, 0.6) is 11.5 Å². The van der Waals surface area contributed by atoms with Gasteiger partial charge in [-0.15, -0.1) is 0 Å². The Kier molecular flexibility index (Phi) is 5.18. The van der Waals surface area contributed by atoms with E-state index in [2.05, 4.69) is 11.2 Å². The van der Waals surface area contributed by atoms with E-state index in [-0.39, 0.29) is 5.91 Å². The molecule has 3 aromatic rings. The van der Waals surface area contributed by atoms with Gasteiger partial charge in [-0.25, -0.2) is 0 Å². The lowest BCUT2D eigenvalue weighted by Gasteiger charge is -2.32. The molecule has 2 aromatic carbocycles. The van der Waals surface area contributed by atoms with E-state index in [4.69, 9.17) is 21.1 Å². The van der Waals surface area contributed by atoms with Crippen molar-refractivity contribution in [3.05, 3.63) is 58.7 Å². The van der Waals surface area contributed by atoms with E-state index in [1.165, 1.54) is 10.9 Å². The number of carbonyl (C=O) groups is 1. The highest BCUT2D eigenvalue weighted by atomic mass is 35.5. The van der Waals surface area contributed by atoms with Crippen LogP contribution < -0.4 is 9.47 Å². The number of rotatable bonds is 4. The van der Waals surface area contributed by atoms with Crippen LogP contribution in [0.25, 0.3) is 10.9 Å². The molecule has 4 rings (SSSR count). The van der Waals surface area contributed by atoms with Crippen molar-refractivity contribution in [3.63, 3.8) is 0 Å². The van der Waals surface area contributed by atoms with Gasteiger partial charge in [-0.2, -0.15) is 0 Å². The van der Waals surface area contributed by atoms with Crippen molar-refractivity contribution in [1.29, 1.82) is 0 Å². The highest BCUT2D eigenvalue weighted by molar-refractivity contribution is 6.31. The molecule has 0 spiro atoms. The molecule has 1 aliphatic rings. The molecule has 146 valence electrons. The summed E-state index contributed by atoms with van der Waals surface area (Å²) in [6.45, 7) is 1.45. The van der Waals surface area contributed by atoms with Crippen molar-refractivity contribution in [1.82, 2.24) is 9.88 Å². The first-order valence-corrected chi connectivity index (χ1v) is 9.76. The predicted octanol–water partition coefficient (Wildman–Crippen LogP) is 4.86. The third-order valence-corrected chi connectivity index (χ3v) is 5.76. The molecule has 1 aliphatic heterocycles. The Morgan fingerprint density at radius 2 is 1.82 bits per heavy atom. The molecule has 0 atom stereocenters. The highest BCUT2D eigenvalue weighted by Crippen LogP contribution is 2.35. The molecule has 6 heteroatoms.